The minimum absolute atomic E-state index is 0.0955. The Hall–Kier alpha value is -2.62. The molecule has 4 heteroatoms. The third-order valence-corrected chi connectivity index (χ3v) is 6.58. The summed E-state index contributed by atoms with van der Waals surface area (Å²) < 4.78 is 6.86. The van der Waals surface area contributed by atoms with Crippen LogP contribution in [0.15, 0.2) is 42.7 Å². The van der Waals surface area contributed by atoms with Crippen LogP contribution in [0.5, 0.6) is 0 Å². The summed E-state index contributed by atoms with van der Waals surface area (Å²) in [7, 11) is 2.18. The Bertz CT molecular complexity index is 1250. The minimum atomic E-state index is 0.0955. The summed E-state index contributed by atoms with van der Waals surface area (Å²) in [5.41, 5.74) is 6.68. The lowest BCUT2D eigenvalue weighted by Crippen LogP contribution is -2.39. The molecule has 4 aromatic rings. The topological polar surface area (TPSA) is 26.6 Å². The molecule has 0 amide bonds. The Kier molecular flexibility index (Phi) is 4.32. The molecule has 1 aliphatic carbocycles. The van der Waals surface area contributed by atoms with Gasteiger partial charge in [-0.1, -0.05) is 46.8 Å². The highest BCUT2D eigenvalue weighted by Gasteiger charge is 2.28. The zero-order valence-electron chi connectivity index (χ0n) is 19.1. The highest BCUT2D eigenvalue weighted by molar-refractivity contribution is 5.87. The van der Waals surface area contributed by atoms with Gasteiger partial charge in [0.1, 0.15) is 5.69 Å². The molecule has 0 radical (unpaired) electrons. The lowest BCUT2D eigenvalue weighted by atomic mass is 9.86. The molecule has 2 aromatic carbocycles. The predicted molar refractivity (Wildman–Crippen MR) is 123 cm³/mol. The van der Waals surface area contributed by atoms with Crippen molar-refractivity contribution in [1.29, 1.82) is 0 Å². The minimum Gasteiger partial charge on any atom is -0.265 e. The quantitative estimate of drug-likeness (QED) is 0.407. The van der Waals surface area contributed by atoms with Gasteiger partial charge in [0, 0.05) is 17.5 Å². The molecule has 1 aliphatic rings. The average Bonchev–Trinajstić information content (AvgIpc) is 3.32. The van der Waals surface area contributed by atoms with Crippen LogP contribution in [-0.2, 0) is 19.0 Å². The summed E-state index contributed by atoms with van der Waals surface area (Å²) in [4.78, 5) is 0. The van der Waals surface area contributed by atoms with Gasteiger partial charge in [0.05, 0.1) is 23.3 Å². The summed E-state index contributed by atoms with van der Waals surface area (Å²) in [6.45, 7) is 12.5. The van der Waals surface area contributed by atoms with Crippen molar-refractivity contribution in [2.75, 3.05) is 0 Å². The van der Waals surface area contributed by atoms with E-state index in [4.69, 9.17) is 5.10 Å². The van der Waals surface area contributed by atoms with Crippen molar-refractivity contribution in [3.05, 3.63) is 53.9 Å². The van der Waals surface area contributed by atoms with Crippen LogP contribution in [0, 0.1) is 5.92 Å². The first-order valence-corrected chi connectivity index (χ1v) is 11.3. The second-order valence-corrected chi connectivity index (χ2v) is 10.3. The van der Waals surface area contributed by atoms with E-state index in [-0.39, 0.29) is 5.41 Å². The van der Waals surface area contributed by atoms with Gasteiger partial charge in [0.2, 0.25) is 5.52 Å². The van der Waals surface area contributed by atoms with E-state index in [1.54, 1.807) is 0 Å². The SMILES string of the molecule is CC(C)c1c(-n2cc3cccc(C(C)(C)C)c3[n+]2C)ccc2c1cnn2CC1CC1. The highest BCUT2D eigenvalue weighted by atomic mass is 15.4. The fourth-order valence-corrected chi connectivity index (χ4v) is 4.85. The van der Waals surface area contributed by atoms with Crippen molar-refractivity contribution >= 4 is 21.8 Å². The van der Waals surface area contributed by atoms with E-state index < -0.39 is 0 Å². The number of nitrogens with zero attached hydrogens (tertiary/aromatic N) is 4. The fourth-order valence-electron chi connectivity index (χ4n) is 4.85. The predicted octanol–water partition coefficient (Wildman–Crippen LogP) is 5.64. The molecule has 0 saturated heterocycles. The van der Waals surface area contributed by atoms with Gasteiger partial charge in [-0.3, -0.25) is 4.68 Å². The van der Waals surface area contributed by atoms with E-state index in [0.717, 1.165) is 12.5 Å². The number of hydrogen-bond acceptors (Lipinski definition) is 1. The Morgan fingerprint density at radius 1 is 1.13 bits per heavy atom. The molecule has 2 heterocycles. The molecular weight excluding hydrogens is 368 g/mol. The zero-order valence-corrected chi connectivity index (χ0v) is 19.1. The van der Waals surface area contributed by atoms with Gasteiger partial charge in [-0.2, -0.15) is 5.10 Å². The summed E-state index contributed by atoms with van der Waals surface area (Å²) in [5, 5.41) is 7.34. The van der Waals surface area contributed by atoms with E-state index in [1.807, 2.05) is 0 Å². The van der Waals surface area contributed by atoms with Gasteiger partial charge >= 0.3 is 0 Å². The van der Waals surface area contributed by atoms with Crippen molar-refractivity contribution in [2.45, 2.75) is 65.3 Å². The molecule has 30 heavy (non-hydrogen) atoms. The maximum atomic E-state index is 4.77. The molecule has 0 aliphatic heterocycles. The lowest BCUT2D eigenvalue weighted by molar-refractivity contribution is -0.721. The van der Waals surface area contributed by atoms with E-state index in [1.165, 1.54) is 51.5 Å². The molecule has 1 fully saturated rings. The van der Waals surface area contributed by atoms with E-state index >= 15 is 0 Å². The van der Waals surface area contributed by atoms with Gasteiger partial charge < -0.3 is 0 Å². The fraction of sp³-hybridized carbons (Fsp3) is 0.462. The average molecular weight is 402 g/mol. The third kappa shape index (κ3) is 3.05. The maximum Gasteiger partial charge on any atom is 0.242 e. The standard InChI is InChI=1S/C26H33N4/c1-17(2)24-20-14-27-29(15-18-10-11-18)22(20)12-13-23(24)30-16-19-8-7-9-21(26(3,4)5)25(19)28(30)6/h7-9,12-14,16-18H,10-11,15H2,1-6H3/q+1. The molecule has 0 spiro atoms. The Morgan fingerprint density at radius 3 is 2.57 bits per heavy atom. The van der Waals surface area contributed by atoms with Crippen LogP contribution in [0.1, 0.15) is 64.5 Å². The van der Waals surface area contributed by atoms with Crippen LogP contribution in [0.25, 0.3) is 27.5 Å². The number of aromatic nitrogens is 4. The number of benzene rings is 2. The molecule has 0 N–H and O–H groups in total. The third-order valence-electron chi connectivity index (χ3n) is 6.58. The van der Waals surface area contributed by atoms with Gasteiger partial charge in [-0.15, -0.1) is 9.36 Å². The number of para-hydroxylation sites is 1. The van der Waals surface area contributed by atoms with Crippen LogP contribution in [-0.4, -0.2) is 14.5 Å². The van der Waals surface area contributed by atoms with Crippen LogP contribution >= 0.6 is 0 Å². The molecule has 0 bridgehead atoms. The van der Waals surface area contributed by atoms with Crippen molar-refractivity contribution in [1.82, 2.24) is 14.5 Å². The molecule has 0 unspecified atom stereocenters. The highest BCUT2D eigenvalue weighted by Crippen LogP contribution is 2.35. The Labute approximate surface area is 179 Å². The summed E-state index contributed by atoms with van der Waals surface area (Å²) in [5.74, 6) is 1.23. The first-order valence-electron chi connectivity index (χ1n) is 11.3. The van der Waals surface area contributed by atoms with Crippen molar-refractivity contribution in [2.24, 2.45) is 13.0 Å². The van der Waals surface area contributed by atoms with Crippen LogP contribution in [0.3, 0.4) is 0 Å². The summed E-state index contributed by atoms with van der Waals surface area (Å²) in [6, 6.07) is 11.2. The number of rotatable bonds is 4. The molecular formula is C26H33N4+. The van der Waals surface area contributed by atoms with Crippen LogP contribution in [0.4, 0.5) is 0 Å². The Balaban J connectivity index is 1.74. The first-order chi connectivity index (χ1) is 14.3. The van der Waals surface area contributed by atoms with Crippen molar-refractivity contribution < 1.29 is 4.68 Å². The molecule has 1 saturated carbocycles. The molecule has 156 valence electrons. The number of aryl methyl sites for hydroxylation is 1. The zero-order chi connectivity index (χ0) is 21.2. The monoisotopic (exact) mass is 401 g/mol. The lowest BCUT2D eigenvalue weighted by Gasteiger charge is -2.18. The smallest absolute Gasteiger partial charge is 0.242 e. The molecule has 5 rings (SSSR count). The van der Waals surface area contributed by atoms with Crippen LogP contribution < -0.4 is 4.68 Å². The van der Waals surface area contributed by atoms with Crippen molar-refractivity contribution in [3.63, 3.8) is 0 Å². The molecule has 0 atom stereocenters. The first kappa shape index (κ1) is 19.3. The van der Waals surface area contributed by atoms with Crippen LogP contribution in [0.2, 0.25) is 0 Å². The maximum absolute atomic E-state index is 4.77. The molecule has 2 aromatic heterocycles. The van der Waals surface area contributed by atoms with Gasteiger partial charge in [0.25, 0.3) is 0 Å². The van der Waals surface area contributed by atoms with Gasteiger partial charge in [-0.05, 0) is 53.9 Å². The molecule has 4 nitrogen and oxygen atoms in total. The second-order valence-electron chi connectivity index (χ2n) is 10.3. The van der Waals surface area contributed by atoms with E-state index in [0.29, 0.717) is 5.92 Å². The van der Waals surface area contributed by atoms with Crippen molar-refractivity contribution in [3.8, 4) is 5.69 Å². The number of fused-ring (bicyclic) bond motifs is 2. The normalized spacial score (nSPS) is 15.0. The summed E-state index contributed by atoms with van der Waals surface area (Å²) in [6.07, 6.45) is 7.06. The largest absolute Gasteiger partial charge is 0.265 e. The number of hydrogen-bond donors (Lipinski definition) is 0. The van der Waals surface area contributed by atoms with E-state index in [2.05, 4.69) is 98.4 Å². The van der Waals surface area contributed by atoms with Gasteiger partial charge in [-0.25, -0.2) is 0 Å². The summed E-state index contributed by atoms with van der Waals surface area (Å²) >= 11 is 0. The Morgan fingerprint density at radius 2 is 1.90 bits per heavy atom. The van der Waals surface area contributed by atoms with Gasteiger partial charge in [0.15, 0.2) is 7.05 Å². The van der Waals surface area contributed by atoms with E-state index in [9.17, 15) is 0 Å². The second kappa shape index (κ2) is 6.69.